The van der Waals surface area contributed by atoms with Crippen molar-refractivity contribution >= 4 is 11.9 Å². The number of carbonyl (C=O) groups is 1. The van der Waals surface area contributed by atoms with Crippen molar-refractivity contribution in [2.24, 2.45) is 22.7 Å². The highest BCUT2D eigenvalue weighted by Gasteiger charge is 2.36. The topological polar surface area (TPSA) is 53.5 Å². The van der Waals surface area contributed by atoms with Crippen molar-refractivity contribution < 1.29 is 4.79 Å². The van der Waals surface area contributed by atoms with E-state index in [4.69, 9.17) is 0 Å². The van der Waals surface area contributed by atoms with Crippen molar-refractivity contribution in [3.8, 4) is 0 Å². The fourth-order valence-electron chi connectivity index (χ4n) is 2.98. The highest BCUT2D eigenvalue weighted by molar-refractivity contribution is 6.06. The Morgan fingerprint density at radius 1 is 1.47 bits per heavy atom. The zero-order chi connectivity index (χ0) is 14.0. The molecule has 0 bridgehead atoms. The predicted octanol–water partition coefficient (Wildman–Crippen LogP) is 2.08. The van der Waals surface area contributed by atoms with Crippen molar-refractivity contribution in [1.29, 1.82) is 0 Å². The van der Waals surface area contributed by atoms with E-state index in [9.17, 15) is 4.79 Å². The third kappa shape index (κ3) is 3.58. The van der Waals surface area contributed by atoms with Crippen molar-refractivity contribution in [2.45, 2.75) is 46.6 Å². The normalized spacial score (nSPS) is 33.3. The van der Waals surface area contributed by atoms with Crippen LogP contribution in [0.1, 0.15) is 40.5 Å². The number of nitrogens with one attached hydrogen (secondary N) is 2. The quantitative estimate of drug-likeness (QED) is 0.766. The molecule has 0 radical (unpaired) electrons. The molecule has 0 aromatic heterocycles. The number of nitrogens with zero attached hydrogens (tertiary/aromatic N) is 1. The van der Waals surface area contributed by atoms with Crippen molar-refractivity contribution in [3.05, 3.63) is 11.6 Å². The van der Waals surface area contributed by atoms with Crippen LogP contribution in [0.2, 0.25) is 0 Å². The third-order valence-electron chi connectivity index (χ3n) is 3.73. The van der Waals surface area contributed by atoms with Crippen molar-refractivity contribution in [3.63, 3.8) is 0 Å². The maximum Gasteiger partial charge on any atom is 0.249 e. The first kappa shape index (κ1) is 14.1. The Morgan fingerprint density at radius 2 is 2.21 bits per heavy atom. The smallest absolute Gasteiger partial charge is 0.249 e. The lowest BCUT2D eigenvalue weighted by molar-refractivity contribution is -0.121. The van der Waals surface area contributed by atoms with Crippen LogP contribution < -0.4 is 10.6 Å². The average Bonchev–Trinajstić information content (AvgIpc) is 2.66. The van der Waals surface area contributed by atoms with Gasteiger partial charge in [0.15, 0.2) is 5.96 Å². The zero-order valence-electron chi connectivity index (χ0n) is 12.4. The molecule has 2 N–H and O–H groups in total. The molecule has 0 saturated carbocycles. The summed E-state index contributed by atoms with van der Waals surface area (Å²) >= 11 is 0. The Morgan fingerprint density at radius 3 is 2.84 bits per heavy atom. The number of amides is 1. The van der Waals surface area contributed by atoms with Gasteiger partial charge in [0, 0.05) is 6.54 Å². The fourth-order valence-corrected chi connectivity index (χ4v) is 2.98. The first-order valence-electron chi connectivity index (χ1n) is 7.25. The van der Waals surface area contributed by atoms with Crippen LogP contribution in [0.5, 0.6) is 0 Å². The standard InChI is InChI=1S/C15H25N3O/c1-9(2)8-16-15-17-13(14(19)18-15)12-6-10(3)5-11(4)7-12/h5,9-10,12-13H,6-8H2,1-4H3,(H2,16,17,18,19). The molecular weight excluding hydrogens is 238 g/mol. The van der Waals surface area contributed by atoms with Gasteiger partial charge in [0.25, 0.3) is 0 Å². The van der Waals surface area contributed by atoms with E-state index < -0.39 is 0 Å². The summed E-state index contributed by atoms with van der Waals surface area (Å²) in [6, 6.07) is -0.114. The molecule has 4 nitrogen and oxygen atoms in total. The number of guanidine groups is 1. The minimum Gasteiger partial charge on any atom is -0.344 e. The average molecular weight is 263 g/mol. The van der Waals surface area contributed by atoms with Crippen LogP contribution in [-0.4, -0.2) is 24.5 Å². The van der Waals surface area contributed by atoms with Crippen LogP contribution in [0, 0.1) is 17.8 Å². The van der Waals surface area contributed by atoms with E-state index in [1.807, 2.05) is 0 Å². The predicted molar refractivity (Wildman–Crippen MR) is 77.9 cm³/mol. The Bertz CT molecular complexity index is 412. The van der Waals surface area contributed by atoms with Crippen molar-refractivity contribution in [1.82, 2.24) is 10.6 Å². The molecular formula is C15H25N3O. The van der Waals surface area contributed by atoms with E-state index >= 15 is 0 Å². The van der Waals surface area contributed by atoms with Gasteiger partial charge in [-0.15, -0.1) is 0 Å². The molecule has 1 aliphatic carbocycles. The Kier molecular flexibility index (Phi) is 4.27. The molecule has 3 unspecified atom stereocenters. The number of hydrogen-bond acceptors (Lipinski definition) is 2. The Balaban J connectivity index is 2.00. The van der Waals surface area contributed by atoms with Gasteiger partial charge in [0.2, 0.25) is 5.91 Å². The summed E-state index contributed by atoms with van der Waals surface area (Å²) in [7, 11) is 0. The lowest BCUT2D eigenvalue weighted by Crippen LogP contribution is -2.39. The monoisotopic (exact) mass is 263 g/mol. The molecule has 19 heavy (non-hydrogen) atoms. The lowest BCUT2D eigenvalue weighted by atomic mass is 9.79. The largest absolute Gasteiger partial charge is 0.344 e. The highest BCUT2D eigenvalue weighted by atomic mass is 16.2. The molecule has 4 heteroatoms. The molecule has 0 spiro atoms. The lowest BCUT2D eigenvalue weighted by Gasteiger charge is -2.28. The maximum atomic E-state index is 12.1. The molecule has 1 aliphatic heterocycles. The zero-order valence-corrected chi connectivity index (χ0v) is 12.4. The summed E-state index contributed by atoms with van der Waals surface area (Å²) in [6.07, 6.45) is 4.39. The van der Waals surface area contributed by atoms with E-state index in [-0.39, 0.29) is 11.9 Å². The number of hydrogen-bond donors (Lipinski definition) is 2. The number of allylic oxidation sites excluding steroid dienone is 2. The molecule has 2 rings (SSSR count). The summed E-state index contributed by atoms with van der Waals surface area (Å²) in [4.78, 5) is 16.5. The second-order valence-electron chi connectivity index (χ2n) is 6.38. The molecule has 3 atom stereocenters. The van der Waals surface area contributed by atoms with Gasteiger partial charge in [-0.2, -0.15) is 0 Å². The van der Waals surface area contributed by atoms with E-state index in [1.54, 1.807) is 0 Å². The summed E-state index contributed by atoms with van der Waals surface area (Å²) in [5, 5.41) is 6.14. The first-order valence-corrected chi connectivity index (χ1v) is 7.25. The number of carbonyl (C=O) groups excluding carboxylic acids is 1. The van der Waals surface area contributed by atoms with Gasteiger partial charge in [-0.3, -0.25) is 15.1 Å². The van der Waals surface area contributed by atoms with Crippen LogP contribution >= 0.6 is 0 Å². The summed E-state index contributed by atoms with van der Waals surface area (Å²) in [6.45, 7) is 9.36. The number of aliphatic imine (C=N–C) groups is 1. The third-order valence-corrected chi connectivity index (χ3v) is 3.73. The summed E-state index contributed by atoms with van der Waals surface area (Å²) in [5.41, 5.74) is 1.39. The van der Waals surface area contributed by atoms with E-state index in [2.05, 4.69) is 49.4 Å². The van der Waals surface area contributed by atoms with Crippen LogP contribution in [0.4, 0.5) is 0 Å². The summed E-state index contributed by atoms with van der Waals surface area (Å²) < 4.78 is 0. The Labute approximate surface area is 115 Å². The fraction of sp³-hybridized carbons (Fsp3) is 0.733. The number of rotatable bonds is 3. The molecule has 2 aliphatic rings. The van der Waals surface area contributed by atoms with Crippen LogP contribution in [-0.2, 0) is 4.79 Å². The highest BCUT2D eigenvalue weighted by Crippen LogP contribution is 2.31. The van der Waals surface area contributed by atoms with Gasteiger partial charge in [0.05, 0.1) is 0 Å². The van der Waals surface area contributed by atoms with Gasteiger partial charge >= 0.3 is 0 Å². The van der Waals surface area contributed by atoms with Gasteiger partial charge < -0.3 is 5.32 Å². The minimum absolute atomic E-state index is 0.0782. The second-order valence-corrected chi connectivity index (χ2v) is 6.38. The molecule has 1 fully saturated rings. The first-order chi connectivity index (χ1) is 8.95. The van der Waals surface area contributed by atoms with Crippen molar-refractivity contribution in [2.75, 3.05) is 6.54 Å². The maximum absolute atomic E-state index is 12.1. The van der Waals surface area contributed by atoms with Gasteiger partial charge in [0.1, 0.15) is 6.04 Å². The van der Waals surface area contributed by atoms with Gasteiger partial charge in [-0.1, -0.05) is 32.4 Å². The van der Waals surface area contributed by atoms with Crippen LogP contribution in [0.25, 0.3) is 0 Å². The van der Waals surface area contributed by atoms with Gasteiger partial charge in [-0.25, -0.2) is 0 Å². The van der Waals surface area contributed by atoms with E-state index in [0.29, 0.717) is 23.7 Å². The van der Waals surface area contributed by atoms with E-state index in [1.165, 1.54) is 5.57 Å². The molecule has 106 valence electrons. The molecule has 1 heterocycles. The SMILES string of the molecule is CC1=CC(C)CC(C2NC(=NCC(C)C)NC2=O)C1. The summed E-state index contributed by atoms with van der Waals surface area (Å²) in [5.74, 6) is 2.18. The molecule has 0 aromatic carbocycles. The second kappa shape index (κ2) is 5.76. The Hall–Kier alpha value is -1.32. The molecule has 1 saturated heterocycles. The molecule has 0 aromatic rings. The van der Waals surface area contributed by atoms with Gasteiger partial charge in [-0.05, 0) is 37.5 Å². The molecule has 1 amide bonds. The minimum atomic E-state index is -0.114. The van der Waals surface area contributed by atoms with E-state index in [0.717, 1.165) is 19.4 Å². The van der Waals surface area contributed by atoms with Crippen LogP contribution in [0.3, 0.4) is 0 Å². The van der Waals surface area contributed by atoms with Crippen LogP contribution in [0.15, 0.2) is 16.6 Å².